The molecule has 1 amide bonds. The summed E-state index contributed by atoms with van der Waals surface area (Å²) in [6.45, 7) is 2.03. The summed E-state index contributed by atoms with van der Waals surface area (Å²) in [5.41, 5.74) is 0. The van der Waals surface area contributed by atoms with Crippen LogP contribution in [0, 0.1) is 0 Å². The van der Waals surface area contributed by atoms with Gasteiger partial charge in [0, 0.05) is 10.5 Å². The molecule has 0 bridgehead atoms. The van der Waals surface area contributed by atoms with Crippen molar-refractivity contribution in [1.29, 1.82) is 0 Å². The van der Waals surface area contributed by atoms with Crippen molar-refractivity contribution in [3.8, 4) is 5.75 Å². The lowest BCUT2D eigenvalue weighted by Crippen LogP contribution is -2.44. The van der Waals surface area contributed by atoms with E-state index in [1.807, 2.05) is 6.07 Å². The molecule has 1 aromatic rings. The van der Waals surface area contributed by atoms with Gasteiger partial charge >= 0.3 is 0 Å². The van der Waals surface area contributed by atoms with E-state index in [1.54, 1.807) is 12.1 Å². The van der Waals surface area contributed by atoms with Gasteiger partial charge in [0.25, 0.3) is 5.91 Å². The predicted molar refractivity (Wildman–Crippen MR) is 83.3 cm³/mol. The van der Waals surface area contributed by atoms with Crippen molar-refractivity contribution < 1.29 is 9.53 Å². The summed E-state index contributed by atoms with van der Waals surface area (Å²) in [5.74, 6) is 0.423. The van der Waals surface area contributed by atoms with Crippen LogP contribution < -0.4 is 10.1 Å². The number of benzene rings is 1. The lowest BCUT2D eigenvalue weighted by atomic mass is 10.1. The van der Waals surface area contributed by atoms with E-state index in [1.165, 1.54) is 0 Å². The van der Waals surface area contributed by atoms with Gasteiger partial charge in [-0.3, -0.25) is 4.79 Å². The van der Waals surface area contributed by atoms with E-state index in [0.717, 1.165) is 30.4 Å². The van der Waals surface area contributed by atoms with E-state index in [0.29, 0.717) is 10.8 Å². The Morgan fingerprint density at radius 3 is 2.85 bits per heavy atom. The minimum Gasteiger partial charge on any atom is -0.482 e. The van der Waals surface area contributed by atoms with Crippen LogP contribution in [0.3, 0.4) is 0 Å². The average molecular weight is 362 g/mol. The highest BCUT2D eigenvalue weighted by molar-refractivity contribution is 9.10. The number of halogens is 2. The molecule has 1 aliphatic rings. The molecule has 0 radical (unpaired) electrons. The normalized spacial score (nSPS) is 16.9. The Balaban J connectivity index is 1.77. The second kappa shape index (κ2) is 7.29. The first-order valence-corrected chi connectivity index (χ1v) is 7.77. The van der Waals surface area contributed by atoms with Gasteiger partial charge in [0.1, 0.15) is 5.75 Å². The molecular weight excluding hydrogens is 344 g/mol. The van der Waals surface area contributed by atoms with E-state index in [4.69, 9.17) is 16.3 Å². The second-order valence-electron chi connectivity index (χ2n) is 5.01. The summed E-state index contributed by atoms with van der Waals surface area (Å²) in [6.07, 6.45) is 1.97. The fourth-order valence-corrected chi connectivity index (χ4v) is 2.89. The van der Waals surface area contributed by atoms with E-state index in [9.17, 15) is 4.79 Å². The highest BCUT2D eigenvalue weighted by Crippen LogP contribution is 2.27. The Morgan fingerprint density at radius 1 is 1.50 bits per heavy atom. The van der Waals surface area contributed by atoms with Crippen LogP contribution in [0.4, 0.5) is 0 Å². The minimum atomic E-state index is -0.0986. The van der Waals surface area contributed by atoms with E-state index in [-0.39, 0.29) is 18.6 Å². The summed E-state index contributed by atoms with van der Waals surface area (Å²) < 4.78 is 6.32. The summed E-state index contributed by atoms with van der Waals surface area (Å²) in [4.78, 5) is 14.1. The van der Waals surface area contributed by atoms with Gasteiger partial charge in [0.2, 0.25) is 0 Å². The maximum Gasteiger partial charge on any atom is 0.258 e. The highest BCUT2D eigenvalue weighted by atomic mass is 79.9. The maximum atomic E-state index is 11.8. The molecule has 0 spiro atoms. The number of hydrogen-bond donors (Lipinski definition) is 1. The van der Waals surface area contributed by atoms with Crippen LogP contribution in [0.5, 0.6) is 5.75 Å². The topological polar surface area (TPSA) is 41.6 Å². The monoisotopic (exact) mass is 360 g/mol. The third kappa shape index (κ3) is 4.65. The van der Waals surface area contributed by atoms with Crippen molar-refractivity contribution in [3.05, 3.63) is 27.7 Å². The lowest BCUT2D eigenvalue weighted by molar-refractivity contribution is -0.124. The molecule has 20 heavy (non-hydrogen) atoms. The van der Waals surface area contributed by atoms with Crippen LogP contribution >= 0.6 is 27.5 Å². The first-order valence-electron chi connectivity index (χ1n) is 6.60. The third-order valence-corrected chi connectivity index (χ3v) is 4.12. The van der Waals surface area contributed by atoms with Crippen LogP contribution in [0.2, 0.25) is 5.02 Å². The van der Waals surface area contributed by atoms with Crippen molar-refractivity contribution in [3.63, 3.8) is 0 Å². The van der Waals surface area contributed by atoms with Crippen molar-refractivity contribution in [2.45, 2.75) is 18.9 Å². The van der Waals surface area contributed by atoms with E-state index in [2.05, 4.69) is 33.2 Å². The molecule has 4 nitrogen and oxygen atoms in total. The fraction of sp³-hybridized carbons (Fsp3) is 0.500. The van der Waals surface area contributed by atoms with Crippen LogP contribution in [-0.4, -0.2) is 43.6 Å². The molecule has 110 valence electrons. The van der Waals surface area contributed by atoms with Crippen molar-refractivity contribution in [1.82, 2.24) is 10.2 Å². The number of hydrogen-bond acceptors (Lipinski definition) is 3. The fourth-order valence-electron chi connectivity index (χ4n) is 2.16. The van der Waals surface area contributed by atoms with Crippen LogP contribution in [0.25, 0.3) is 0 Å². The second-order valence-corrected chi connectivity index (χ2v) is 6.33. The Hall–Kier alpha value is -0.780. The number of carbonyl (C=O) groups excluding carboxylic acids is 1. The predicted octanol–water partition coefficient (Wildman–Crippen LogP) is 2.69. The molecule has 0 atom stereocenters. The quantitative estimate of drug-likeness (QED) is 0.896. The first kappa shape index (κ1) is 15.6. The Bertz CT molecular complexity index is 476. The molecule has 1 fully saturated rings. The summed E-state index contributed by atoms with van der Waals surface area (Å²) in [5, 5.41) is 3.49. The lowest BCUT2D eigenvalue weighted by Gasteiger charge is -2.29. The largest absolute Gasteiger partial charge is 0.482 e. The molecule has 0 aliphatic carbocycles. The Labute approximate surface area is 132 Å². The zero-order chi connectivity index (χ0) is 14.5. The van der Waals surface area contributed by atoms with Gasteiger partial charge in [-0.25, -0.2) is 0 Å². The Kier molecular flexibility index (Phi) is 5.69. The van der Waals surface area contributed by atoms with Gasteiger partial charge in [-0.05, 0) is 51.2 Å². The zero-order valence-corrected chi connectivity index (χ0v) is 13.7. The number of ether oxygens (including phenoxy) is 1. The van der Waals surface area contributed by atoms with Gasteiger partial charge in [-0.1, -0.05) is 27.5 Å². The SMILES string of the molecule is CN1CCC(NC(=O)COc2ccc(Br)cc2Cl)CC1. The standard InChI is InChI=1S/C14H18BrClN2O2/c1-18-6-4-11(5-7-18)17-14(19)9-20-13-3-2-10(15)8-12(13)16/h2-3,8,11H,4-7,9H2,1H3,(H,17,19). The molecule has 0 unspecified atom stereocenters. The van der Waals surface area contributed by atoms with Crippen LogP contribution in [0.1, 0.15) is 12.8 Å². The number of nitrogens with zero attached hydrogens (tertiary/aromatic N) is 1. The van der Waals surface area contributed by atoms with E-state index < -0.39 is 0 Å². The number of nitrogens with one attached hydrogen (secondary N) is 1. The van der Waals surface area contributed by atoms with Gasteiger partial charge in [0.05, 0.1) is 5.02 Å². The molecule has 1 aromatic carbocycles. The van der Waals surface area contributed by atoms with Crippen molar-refractivity contribution in [2.75, 3.05) is 26.7 Å². The highest BCUT2D eigenvalue weighted by Gasteiger charge is 2.18. The number of piperidine rings is 1. The number of amides is 1. The smallest absolute Gasteiger partial charge is 0.258 e. The minimum absolute atomic E-state index is 0.00626. The van der Waals surface area contributed by atoms with Gasteiger partial charge in [-0.2, -0.15) is 0 Å². The average Bonchev–Trinajstić information content (AvgIpc) is 2.40. The van der Waals surface area contributed by atoms with Gasteiger partial charge < -0.3 is 15.0 Å². The third-order valence-electron chi connectivity index (χ3n) is 3.34. The zero-order valence-electron chi connectivity index (χ0n) is 11.4. The maximum absolute atomic E-state index is 11.8. The summed E-state index contributed by atoms with van der Waals surface area (Å²) in [6, 6.07) is 5.57. The van der Waals surface area contributed by atoms with E-state index >= 15 is 0 Å². The number of carbonyl (C=O) groups is 1. The Morgan fingerprint density at radius 2 is 2.20 bits per heavy atom. The molecule has 1 heterocycles. The molecule has 2 rings (SSSR count). The molecule has 6 heteroatoms. The summed E-state index contributed by atoms with van der Waals surface area (Å²) >= 11 is 9.35. The molecule has 0 aromatic heterocycles. The molecule has 1 saturated heterocycles. The van der Waals surface area contributed by atoms with Crippen molar-refractivity contribution >= 4 is 33.4 Å². The van der Waals surface area contributed by atoms with Crippen LogP contribution in [0.15, 0.2) is 22.7 Å². The molecule has 1 aliphatic heterocycles. The number of likely N-dealkylation sites (tertiary alicyclic amines) is 1. The molecule has 1 N–H and O–H groups in total. The first-order chi connectivity index (χ1) is 9.54. The molecular formula is C14H18BrClN2O2. The van der Waals surface area contributed by atoms with Crippen molar-refractivity contribution in [2.24, 2.45) is 0 Å². The summed E-state index contributed by atoms with van der Waals surface area (Å²) in [7, 11) is 2.09. The number of rotatable bonds is 4. The van der Waals surface area contributed by atoms with Gasteiger partial charge in [-0.15, -0.1) is 0 Å². The van der Waals surface area contributed by atoms with Crippen LogP contribution in [-0.2, 0) is 4.79 Å². The van der Waals surface area contributed by atoms with Gasteiger partial charge in [0.15, 0.2) is 6.61 Å². The molecule has 0 saturated carbocycles.